The number of ether oxygens (including phenoxy) is 2. The first-order valence-electron chi connectivity index (χ1n) is 9.36. The summed E-state index contributed by atoms with van der Waals surface area (Å²) in [6.07, 6.45) is 0.685. The van der Waals surface area contributed by atoms with Gasteiger partial charge in [0.25, 0.3) is 0 Å². The molecule has 0 bridgehead atoms. The topological polar surface area (TPSA) is 59.0 Å². The third-order valence-corrected chi connectivity index (χ3v) is 5.37. The molecule has 6 heteroatoms. The van der Waals surface area contributed by atoms with E-state index >= 15 is 0 Å². The zero-order chi connectivity index (χ0) is 20.0. The Morgan fingerprint density at radius 1 is 1.41 bits per heavy atom. The van der Waals surface area contributed by atoms with Crippen LogP contribution in [0.2, 0.25) is 0 Å². The van der Waals surface area contributed by atoms with Crippen LogP contribution in [0.1, 0.15) is 39.7 Å². The molecule has 0 spiro atoms. The normalized spacial score (nSPS) is 19.9. The minimum absolute atomic E-state index is 0.0840. The summed E-state index contributed by atoms with van der Waals surface area (Å²) in [7, 11) is 0. The van der Waals surface area contributed by atoms with Crippen LogP contribution in [0.3, 0.4) is 0 Å². The standard InChI is InChI=1S/C21H29NO4Se/c1-5-9-15(4)18(23)19(25-12-16-10-7-6-8-11-16)20(24)22-17(14(2)3)13-26-21(22)27/h6-11,14,17-19,23H,5,12-13H2,1-4H3/t17-,18?,19?/m1/s1. The second-order valence-corrected chi connectivity index (χ2v) is 7.85. The number of hydrogen-bond donors (Lipinski definition) is 1. The van der Waals surface area contributed by atoms with Crippen LogP contribution in [0.5, 0.6) is 0 Å². The van der Waals surface area contributed by atoms with Gasteiger partial charge in [-0.2, -0.15) is 0 Å². The summed E-state index contributed by atoms with van der Waals surface area (Å²) in [5.74, 6) is -0.0637. The number of aliphatic hydroxyl groups excluding tert-OH is 1. The van der Waals surface area contributed by atoms with Gasteiger partial charge in [-0.15, -0.1) is 0 Å². The van der Waals surface area contributed by atoms with Crippen molar-refractivity contribution in [3.05, 3.63) is 47.5 Å². The Labute approximate surface area is 169 Å². The quantitative estimate of drug-likeness (QED) is 0.501. The average Bonchev–Trinajstić information content (AvgIpc) is 3.04. The van der Waals surface area contributed by atoms with Gasteiger partial charge in [0.05, 0.1) is 0 Å². The Morgan fingerprint density at radius 2 is 2.07 bits per heavy atom. The summed E-state index contributed by atoms with van der Waals surface area (Å²) in [5, 5.41) is 10.8. The molecule has 1 saturated heterocycles. The molecule has 2 unspecified atom stereocenters. The van der Waals surface area contributed by atoms with Gasteiger partial charge >= 0.3 is 170 Å². The zero-order valence-electron chi connectivity index (χ0n) is 16.4. The van der Waals surface area contributed by atoms with Crippen LogP contribution in [0.4, 0.5) is 0 Å². The molecule has 148 valence electrons. The van der Waals surface area contributed by atoms with Crippen LogP contribution in [-0.2, 0) is 20.9 Å². The molecule has 1 aromatic carbocycles. The number of amides is 1. The first-order valence-corrected chi connectivity index (χ1v) is 10.2. The fourth-order valence-corrected chi connectivity index (χ4v) is 3.67. The van der Waals surface area contributed by atoms with Crippen molar-refractivity contribution < 1.29 is 19.4 Å². The van der Waals surface area contributed by atoms with Crippen molar-refractivity contribution in [2.45, 2.75) is 59.0 Å². The predicted octanol–water partition coefficient (Wildman–Crippen LogP) is 2.43. The second-order valence-electron chi connectivity index (χ2n) is 7.11. The van der Waals surface area contributed by atoms with Crippen LogP contribution in [0.15, 0.2) is 42.0 Å². The van der Waals surface area contributed by atoms with Gasteiger partial charge in [-0.1, -0.05) is 0 Å². The van der Waals surface area contributed by atoms with Gasteiger partial charge in [0.1, 0.15) is 0 Å². The maximum atomic E-state index is 13.3. The summed E-state index contributed by atoms with van der Waals surface area (Å²) < 4.78 is 12.0. The SMILES string of the molecule is CCC=C(C)C(O)C(OCc1ccccc1)C(=O)N1C(=[Se])OC[C@@H]1C(C)C. The molecule has 27 heavy (non-hydrogen) atoms. The number of hydrogen-bond acceptors (Lipinski definition) is 4. The molecule has 5 nitrogen and oxygen atoms in total. The average molecular weight is 438 g/mol. The van der Waals surface area contributed by atoms with Gasteiger partial charge in [-0.3, -0.25) is 0 Å². The molecule has 0 aliphatic carbocycles. The molecular formula is C21H29NO4Se. The van der Waals surface area contributed by atoms with E-state index in [1.54, 1.807) is 4.90 Å². The predicted molar refractivity (Wildman–Crippen MR) is 107 cm³/mol. The van der Waals surface area contributed by atoms with Gasteiger partial charge in [-0.25, -0.2) is 0 Å². The van der Waals surface area contributed by atoms with Gasteiger partial charge in [0, 0.05) is 0 Å². The van der Waals surface area contributed by atoms with Gasteiger partial charge in [0.15, 0.2) is 0 Å². The number of carbonyl (C=O) groups excluding carboxylic acids is 1. The fourth-order valence-electron chi connectivity index (χ4n) is 3.06. The summed E-state index contributed by atoms with van der Waals surface area (Å²) in [4.78, 5) is 14.9. The van der Waals surface area contributed by atoms with Gasteiger partial charge in [0.2, 0.25) is 0 Å². The van der Waals surface area contributed by atoms with E-state index in [9.17, 15) is 9.90 Å². The molecule has 2 rings (SSSR count). The molecular weight excluding hydrogens is 409 g/mol. The summed E-state index contributed by atoms with van der Waals surface area (Å²) in [6.45, 7) is 8.60. The van der Waals surface area contributed by atoms with Crippen LogP contribution in [0.25, 0.3) is 0 Å². The first kappa shape index (κ1) is 21.8. The Bertz CT molecular complexity index is 674. The van der Waals surface area contributed by atoms with E-state index in [1.807, 2.05) is 64.1 Å². The second kappa shape index (κ2) is 10.2. The van der Waals surface area contributed by atoms with E-state index in [0.29, 0.717) is 11.3 Å². The van der Waals surface area contributed by atoms with Crippen molar-refractivity contribution in [1.29, 1.82) is 0 Å². The van der Waals surface area contributed by atoms with Gasteiger partial charge in [-0.05, 0) is 0 Å². The number of allylic oxidation sites excluding steroid dienone is 1. The maximum absolute atomic E-state index is 13.3. The Balaban J connectivity index is 2.25. The molecule has 1 aromatic rings. The van der Waals surface area contributed by atoms with E-state index in [2.05, 4.69) is 15.6 Å². The van der Waals surface area contributed by atoms with Crippen LogP contribution in [0, 0.1) is 5.92 Å². The summed E-state index contributed by atoms with van der Waals surface area (Å²) in [5.41, 5.74) is 1.68. The molecule has 1 N–H and O–H groups in total. The molecule has 1 fully saturated rings. The van der Waals surface area contributed by atoms with Crippen molar-refractivity contribution in [3.8, 4) is 0 Å². The third-order valence-electron chi connectivity index (χ3n) is 4.71. The molecule has 0 saturated carbocycles. The zero-order valence-corrected chi connectivity index (χ0v) is 18.1. The van der Waals surface area contributed by atoms with Crippen LogP contribution < -0.4 is 0 Å². The molecule has 1 heterocycles. The molecule has 3 atom stereocenters. The number of rotatable bonds is 8. The number of benzene rings is 1. The van der Waals surface area contributed by atoms with E-state index in [1.165, 1.54) is 0 Å². The van der Waals surface area contributed by atoms with E-state index in [-0.39, 0.29) is 24.5 Å². The Kier molecular flexibility index (Phi) is 8.24. The monoisotopic (exact) mass is 439 g/mol. The van der Waals surface area contributed by atoms with Crippen LogP contribution >= 0.6 is 0 Å². The van der Waals surface area contributed by atoms with Crippen molar-refractivity contribution in [2.75, 3.05) is 6.61 Å². The van der Waals surface area contributed by atoms with E-state index < -0.39 is 12.2 Å². The van der Waals surface area contributed by atoms with Crippen molar-refractivity contribution >= 4 is 26.2 Å². The summed E-state index contributed by atoms with van der Waals surface area (Å²) >= 11 is 2.82. The third kappa shape index (κ3) is 5.52. The number of nitrogens with zero attached hydrogens (tertiary/aromatic N) is 1. The Morgan fingerprint density at radius 3 is 2.67 bits per heavy atom. The summed E-state index contributed by atoms with van der Waals surface area (Å²) in [6, 6.07) is 9.55. The van der Waals surface area contributed by atoms with E-state index in [4.69, 9.17) is 9.47 Å². The minimum atomic E-state index is -1.01. The van der Waals surface area contributed by atoms with Crippen molar-refractivity contribution in [1.82, 2.24) is 4.90 Å². The molecule has 0 aromatic heterocycles. The van der Waals surface area contributed by atoms with E-state index in [0.717, 1.165) is 17.6 Å². The number of aliphatic hydroxyl groups is 1. The Hall–Kier alpha value is -1.46. The number of carbonyl (C=O) groups is 1. The fraction of sp³-hybridized carbons (Fsp3) is 0.524. The van der Waals surface area contributed by atoms with Crippen LogP contribution in [-0.4, -0.2) is 61.1 Å². The first-order chi connectivity index (χ1) is 12.9. The van der Waals surface area contributed by atoms with Crippen molar-refractivity contribution in [2.24, 2.45) is 5.92 Å². The molecule has 0 radical (unpaired) electrons. The molecule has 1 aliphatic rings. The van der Waals surface area contributed by atoms with Crippen molar-refractivity contribution in [3.63, 3.8) is 0 Å². The molecule has 1 aliphatic heterocycles. The van der Waals surface area contributed by atoms with Gasteiger partial charge < -0.3 is 0 Å². The molecule has 1 amide bonds.